The van der Waals surface area contributed by atoms with Gasteiger partial charge in [-0.3, -0.25) is 4.79 Å². The zero-order chi connectivity index (χ0) is 14.5. The number of amides is 1. The fourth-order valence-electron chi connectivity index (χ4n) is 3.59. The highest BCUT2D eigenvalue weighted by Gasteiger charge is 2.28. The number of halogens is 1. The van der Waals surface area contributed by atoms with Crippen LogP contribution in [-0.2, 0) is 11.2 Å². The van der Waals surface area contributed by atoms with Crippen molar-refractivity contribution in [2.45, 2.75) is 44.6 Å². The molecule has 1 aromatic rings. The second kappa shape index (κ2) is 8.54. The van der Waals surface area contributed by atoms with E-state index in [0.29, 0.717) is 5.91 Å². The van der Waals surface area contributed by atoms with Crippen LogP contribution in [0.2, 0.25) is 0 Å². The van der Waals surface area contributed by atoms with Crippen LogP contribution in [0.5, 0.6) is 0 Å². The molecule has 2 fully saturated rings. The molecule has 0 saturated carbocycles. The monoisotopic (exact) mass is 322 g/mol. The molecular formula is C18H27ClN2O. The number of benzene rings is 1. The Labute approximate surface area is 139 Å². The summed E-state index contributed by atoms with van der Waals surface area (Å²) >= 11 is 0. The minimum Gasteiger partial charge on any atom is -0.341 e. The lowest BCUT2D eigenvalue weighted by Gasteiger charge is -2.35. The fraction of sp³-hybridized carbons (Fsp3) is 0.611. The molecule has 1 amide bonds. The standard InChI is InChI=1S/C18H26N2O.ClH/c21-18(17-8-4-5-11-19-17)20-12-9-16(10-13-20)14-15-6-2-1-3-7-15;/h1-3,6-7,16-17,19H,4-5,8-14H2;1H. The number of nitrogens with one attached hydrogen (secondary N) is 1. The summed E-state index contributed by atoms with van der Waals surface area (Å²) in [5.74, 6) is 1.07. The number of hydrogen-bond donors (Lipinski definition) is 1. The Morgan fingerprint density at radius 1 is 1.09 bits per heavy atom. The summed E-state index contributed by atoms with van der Waals surface area (Å²) in [7, 11) is 0. The van der Waals surface area contributed by atoms with Crippen molar-refractivity contribution in [2.75, 3.05) is 19.6 Å². The second-order valence-electron chi connectivity index (χ2n) is 6.46. The van der Waals surface area contributed by atoms with Crippen LogP contribution < -0.4 is 5.32 Å². The lowest BCUT2D eigenvalue weighted by atomic mass is 9.89. The van der Waals surface area contributed by atoms with E-state index in [4.69, 9.17) is 0 Å². The highest BCUT2D eigenvalue weighted by Crippen LogP contribution is 2.23. The van der Waals surface area contributed by atoms with Crippen molar-refractivity contribution >= 4 is 18.3 Å². The van der Waals surface area contributed by atoms with Gasteiger partial charge in [0.1, 0.15) is 0 Å². The third kappa shape index (κ3) is 4.47. The lowest BCUT2D eigenvalue weighted by molar-refractivity contribution is -0.135. The number of likely N-dealkylation sites (tertiary alicyclic amines) is 1. The molecule has 2 saturated heterocycles. The number of piperidine rings is 2. The maximum absolute atomic E-state index is 12.5. The summed E-state index contributed by atoms with van der Waals surface area (Å²) < 4.78 is 0. The fourth-order valence-corrected chi connectivity index (χ4v) is 3.59. The van der Waals surface area contributed by atoms with E-state index in [1.165, 1.54) is 18.4 Å². The van der Waals surface area contributed by atoms with E-state index < -0.39 is 0 Å². The van der Waals surface area contributed by atoms with Crippen molar-refractivity contribution < 1.29 is 4.79 Å². The van der Waals surface area contributed by atoms with Crippen LogP contribution in [0.25, 0.3) is 0 Å². The normalized spacial score (nSPS) is 22.9. The lowest BCUT2D eigenvalue weighted by Crippen LogP contribution is -2.50. The van der Waals surface area contributed by atoms with Gasteiger partial charge in [0.15, 0.2) is 0 Å². The zero-order valence-corrected chi connectivity index (χ0v) is 14.0. The highest BCUT2D eigenvalue weighted by atomic mass is 35.5. The van der Waals surface area contributed by atoms with E-state index in [-0.39, 0.29) is 18.4 Å². The molecule has 3 nitrogen and oxygen atoms in total. The molecule has 4 heteroatoms. The summed E-state index contributed by atoms with van der Waals surface area (Å²) in [6.45, 7) is 2.88. The molecule has 1 unspecified atom stereocenters. The van der Waals surface area contributed by atoms with Crippen LogP contribution in [0.4, 0.5) is 0 Å². The third-order valence-corrected chi connectivity index (χ3v) is 4.90. The Balaban J connectivity index is 0.00000176. The largest absolute Gasteiger partial charge is 0.341 e. The van der Waals surface area contributed by atoms with Gasteiger partial charge in [0, 0.05) is 13.1 Å². The quantitative estimate of drug-likeness (QED) is 0.927. The third-order valence-electron chi connectivity index (χ3n) is 4.90. The Hall–Kier alpha value is -1.06. The minimum absolute atomic E-state index is 0. The maximum atomic E-state index is 12.5. The van der Waals surface area contributed by atoms with E-state index in [2.05, 4.69) is 40.5 Å². The van der Waals surface area contributed by atoms with Crippen molar-refractivity contribution in [1.29, 1.82) is 0 Å². The Morgan fingerprint density at radius 3 is 2.45 bits per heavy atom. The van der Waals surface area contributed by atoms with Crippen LogP contribution in [0.3, 0.4) is 0 Å². The van der Waals surface area contributed by atoms with Crippen molar-refractivity contribution in [1.82, 2.24) is 10.2 Å². The van der Waals surface area contributed by atoms with Gasteiger partial charge in [0.05, 0.1) is 6.04 Å². The average Bonchev–Trinajstić information content (AvgIpc) is 2.57. The van der Waals surface area contributed by atoms with Gasteiger partial charge in [0.2, 0.25) is 5.91 Å². The van der Waals surface area contributed by atoms with Crippen LogP contribution in [-0.4, -0.2) is 36.5 Å². The van der Waals surface area contributed by atoms with Gasteiger partial charge in [-0.2, -0.15) is 0 Å². The number of carbonyl (C=O) groups excluding carboxylic acids is 1. The Bertz CT molecular complexity index is 451. The molecular weight excluding hydrogens is 296 g/mol. The van der Waals surface area contributed by atoms with Gasteiger partial charge in [-0.15, -0.1) is 12.4 Å². The maximum Gasteiger partial charge on any atom is 0.239 e. The van der Waals surface area contributed by atoms with Gasteiger partial charge in [0.25, 0.3) is 0 Å². The summed E-state index contributed by atoms with van der Waals surface area (Å²) in [6, 6.07) is 10.8. The SMILES string of the molecule is Cl.O=C(C1CCCCN1)N1CCC(Cc2ccccc2)CC1. The van der Waals surface area contributed by atoms with Crippen LogP contribution >= 0.6 is 12.4 Å². The first-order chi connectivity index (χ1) is 10.3. The van der Waals surface area contributed by atoms with E-state index in [1.807, 2.05) is 0 Å². The number of hydrogen-bond acceptors (Lipinski definition) is 2. The van der Waals surface area contributed by atoms with E-state index in [9.17, 15) is 4.79 Å². The van der Waals surface area contributed by atoms with Crippen molar-refractivity contribution in [3.63, 3.8) is 0 Å². The summed E-state index contributed by atoms with van der Waals surface area (Å²) in [6.07, 6.45) is 6.87. The molecule has 0 radical (unpaired) electrons. The predicted octanol–water partition coefficient (Wildman–Crippen LogP) is 3.03. The van der Waals surface area contributed by atoms with E-state index >= 15 is 0 Å². The molecule has 0 bridgehead atoms. The smallest absolute Gasteiger partial charge is 0.239 e. The van der Waals surface area contributed by atoms with Gasteiger partial charge in [-0.25, -0.2) is 0 Å². The van der Waals surface area contributed by atoms with E-state index in [0.717, 1.165) is 51.2 Å². The first-order valence-corrected chi connectivity index (χ1v) is 8.39. The molecule has 2 heterocycles. The molecule has 2 aliphatic heterocycles. The van der Waals surface area contributed by atoms with Gasteiger partial charge in [-0.1, -0.05) is 36.8 Å². The Kier molecular flexibility index (Phi) is 6.71. The molecule has 1 N–H and O–H groups in total. The number of rotatable bonds is 3. The number of nitrogens with zero attached hydrogens (tertiary/aromatic N) is 1. The first kappa shape index (κ1) is 17.3. The molecule has 122 valence electrons. The van der Waals surface area contributed by atoms with E-state index in [1.54, 1.807) is 0 Å². The molecule has 1 atom stereocenters. The van der Waals surface area contributed by atoms with Crippen LogP contribution in [0, 0.1) is 5.92 Å². The van der Waals surface area contributed by atoms with Crippen molar-refractivity contribution in [2.24, 2.45) is 5.92 Å². The summed E-state index contributed by atoms with van der Waals surface area (Å²) in [5, 5.41) is 3.38. The average molecular weight is 323 g/mol. The van der Waals surface area contributed by atoms with Crippen molar-refractivity contribution in [3.05, 3.63) is 35.9 Å². The number of carbonyl (C=O) groups is 1. The van der Waals surface area contributed by atoms with Crippen LogP contribution in [0.15, 0.2) is 30.3 Å². The first-order valence-electron chi connectivity index (χ1n) is 8.39. The van der Waals surface area contributed by atoms with Gasteiger partial charge < -0.3 is 10.2 Å². The molecule has 0 aliphatic carbocycles. The van der Waals surface area contributed by atoms with Crippen LogP contribution in [0.1, 0.15) is 37.7 Å². The molecule has 0 spiro atoms. The molecule has 22 heavy (non-hydrogen) atoms. The summed E-state index contributed by atoms with van der Waals surface area (Å²) in [4.78, 5) is 14.6. The molecule has 1 aromatic carbocycles. The molecule has 2 aliphatic rings. The molecule has 0 aromatic heterocycles. The second-order valence-corrected chi connectivity index (χ2v) is 6.46. The minimum atomic E-state index is 0. The predicted molar refractivity (Wildman–Crippen MR) is 92.3 cm³/mol. The van der Waals surface area contributed by atoms with Gasteiger partial charge >= 0.3 is 0 Å². The topological polar surface area (TPSA) is 32.3 Å². The summed E-state index contributed by atoms with van der Waals surface area (Å²) in [5.41, 5.74) is 1.43. The zero-order valence-electron chi connectivity index (χ0n) is 13.2. The van der Waals surface area contributed by atoms with Crippen molar-refractivity contribution in [3.8, 4) is 0 Å². The molecule has 3 rings (SSSR count). The van der Waals surface area contributed by atoms with Gasteiger partial charge in [-0.05, 0) is 50.1 Å². The Morgan fingerprint density at radius 2 is 1.82 bits per heavy atom. The highest BCUT2D eigenvalue weighted by molar-refractivity contribution is 5.85.